The van der Waals surface area contributed by atoms with Gasteiger partial charge in [0.15, 0.2) is 5.58 Å². The summed E-state index contributed by atoms with van der Waals surface area (Å²) in [7, 11) is 0. The van der Waals surface area contributed by atoms with Gasteiger partial charge in [0, 0.05) is 10.7 Å². The van der Waals surface area contributed by atoms with Gasteiger partial charge >= 0.3 is 11.8 Å². The second-order valence-corrected chi connectivity index (χ2v) is 5.70. The second kappa shape index (κ2) is 7.23. The first kappa shape index (κ1) is 16.8. The maximum atomic E-state index is 11.9. The number of oxime groups is 1. The minimum absolute atomic E-state index is 0.139. The molecule has 3 rings (SSSR count). The highest BCUT2D eigenvalue weighted by Gasteiger charge is 2.10. The summed E-state index contributed by atoms with van der Waals surface area (Å²) < 4.78 is 6.54. The molecule has 2 aromatic carbocycles. The molecular weight excluding hydrogens is 346 g/mol. The summed E-state index contributed by atoms with van der Waals surface area (Å²) in [5.74, 6) is -0.501. The van der Waals surface area contributed by atoms with Gasteiger partial charge in [-0.05, 0) is 37.3 Å². The second-order valence-electron chi connectivity index (χ2n) is 5.26. The number of carbonyl (C=O) groups is 1. The van der Waals surface area contributed by atoms with Gasteiger partial charge in [-0.15, -0.1) is 0 Å². The van der Waals surface area contributed by atoms with E-state index < -0.39 is 11.8 Å². The normalized spacial score (nSPS) is 11.5. The van der Waals surface area contributed by atoms with E-state index in [4.69, 9.17) is 20.9 Å². The molecule has 0 fully saturated rings. The van der Waals surface area contributed by atoms with E-state index >= 15 is 0 Å². The summed E-state index contributed by atoms with van der Waals surface area (Å²) in [6.45, 7) is 1.78. The average molecular weight is 360 g/mol. The molecule has 1 aromatic heterocycles. The van der Waals surface area contributed by atoms with E-state index in [0.717, 1.165) is 0 Å². The first-order valence-corrected chi connectivity index (χ1v) is 7.76. The topological polar surface area (TPSA) is 85.8 Å². The molecule has 0 bridgehead atoms. The van der Waals surface area contributed by atoms with E-state index in [2.05, 4.69) is 10.5 Å². The molecular formula is C17H14ClN3O4. The Kier molecular flexibility index (Phi) is 4.85. The van der Waals surface area contributed by atoms with Gasteiger partial charge in [-0.3, -0.25) is 14.7 Å². The van der Waals surface area contributed by atoms with Crippen molar-refractivity contribution in [2.24, 2.45) is 5.16 Å². The number of rotatable bonds is 4. The number of nitrogens with one attached hydrogen (secondary N) is 1. The number of fused-ring (bicyclic) bond motifs is 1. The van der Waals surface area contributed by atoms with Gasteiger partial charge in [0.2, 0.25) is 0 Å². The lowest BCUT2D eigenvalue weighted by Gasteiger charge is -2.04. The fourth-order valence-corrected chi connectivity index (χ4v) is 2.44. The molecule has 3 aromatic rings. The lowest BCUT2D eigenvalue weighted by atomic mass is 10.3. The third-order valence-electron chi connectivity index (χ3n) is 3.32. The van der Waals surface area contributed by atoms with Crippen LogP contribution in [0.15, 0.2) is 62.9 Å². The molecule has 8 heteroatoms. The fourth-order valence-electron chi connectivity index (χ4n) is 2.25. The SMILES string of the molecule is CC(Cn1c(=O)oc2ccccc21)=NOC(=O)Nc1cccc(Cl)c1. The molecule has 7 nitrogen and oxygen atoms in total. The quantitative estimate of drug-likeness (QED) is 0.435. The van der Waals surface area contributed by atoms with Crippen molar-refractivity contribution in [2.45, 2.75) is 13.5 Å². The van der Waals surface area contributed by atoms with Gasteiger partial charge < -0.3 is 4.42 Å². The maximum absolute atomic E-state index is 11.9. The van der Waals surface area contributed by atoms with Crippen LogP contribution in [0.1, 0.15) is 6.92 Å². The molecule has 1 amide bonds. The Labute approximate surface area is 147 Å². The van der Waals surface area contributed by atoms with Crippen molar-refractivity contribution in [1.82, 2.24) is 4.57 Å². The van der Waals surface area contributed by atoms with E-state index in [9.17, 15) is 9.59 Å². The summed E-state index contributed by atoms with van der Waals surface area (Å²) in [4.78, 5) is 28.4. The van der Waals surface area contributed by atoms with Gasteiger partial charge in [-0.25, -0.2) is 9.59 Å². The summed E-state index contributed by atoms with van der Waals surface area (Å²) in [6, 6.07) is 13.7. The Morgan fingerprint density at radius 3 is 2.88 bits per heavy atom. The zero-order chi connectivity index (χ0) is 17.8. The number of carbonyl (C=O) groups excluding carboxylic acids is 1. The van der Waals surface area contributed by atoms with E-state index in [0.29, 0.717) is 27.5 Å². The van der Waals surface area contributed by atoms with Crippen molar-refractivity contribution in [2.75, 3.05) is 5.32 Å². The zero-order valence-electron chi connectivity index (χ0n) is 13.2. The van der Waals surface area contributed by atoms with Crippen molar-refractivity contribution in [3.05, 3.63) is 64.1 Å². The Morgan fingerprint density at radius 2 is 2.08 bits per heavy atom. The molecule has 0 radical (unpaired) electrons. The van der Waals surface area contributed by atoms with Crippen LogP contribution in [0, 0.1) is 0 Å². The molecule has 0 saturated heterocycles. The molecule has 1 heterocycles. The molecule has 0 spiro atoms. The fraction of sp³-hybridized carbons (Fsp3) is 0.118. The predicted octanol–water partition coefficient (Wildman–Crippen LogP) is 3.87. The summed E-state index contributed by atoms with van der Waals surface area (Å²) in [5.41, 5.74) is 2.04. The summed E-state index contributed by atoms with van der Waals surface area (Å²) >= 11 is 5.84. The van der Waals surface area contributed by atoms with Crippen LogP contribution in [0.4, 0.5) is 10.5 Å². The van der Waals surface area contributed by atoms with Crippen LogP contribution < -0.4 is 11.1 Å². The highest BCUT2D eigenvalue weighted by molar-refractivity contribution is 6.30. The third-order valence-corrected chi connectivity index (χ3v) is 3.55. The van der Waals surface area contributed by atoms with E-state index in [1.54, 1.807) is 55.5 Å². The first-order valence-electron chi connectivity index (χ1n) is 7.38. The summed E-state index contributed by atoms with van der Waals surface area (Å²) in [5, 5.41) is 6.72. The summed E-state index contributed by atoms with van der Waals surface area (Å²) in [6.07, 6.45) is -0.758. The minimum Gasteiger partial charge on any atom is -0.408 e. The van der Waals surface area contributed by atoms with Crippen LogP contribution in [-0.2, 0) is 11.4 Å². The van der Waals surface area contributed by atoms with Crippen LogP contribution in [0.2, 0.25) is 5.02 Å². The number of nitrogens with zero attached hydrogens (tertiary/aromatic N) is 2. The van der Waals surface area contributed by atoms with Crippen molar-refractivity contribution < 1.29 is 14.0 Å². The molecule has 0 atom stereocenters. The maximum Gasteiger partial charge on any atom is 0.437 e. The van der Waals surface area contributed by atoms with Crippen LogP contribution in [0.5, 0.6) is 0 Å². The average Bonchev–Trinajstić information content (AvgIpc) is 2.89. The smallest absolute Gasteiger partial charge is 0.408 e. The molecule has 0 aliphatic heterocycles. The monoisotopic (exact) mass is 359 g/mol. The van der Waals surface area contributed by atoms with E-state index in [1.165, 1.54) is 4.57 Å². The third kappa shape index (κ3) is 4.07. The Morgan fingerprint density at radius 1 is 1.28 bits per heavy atom. The minimum atomic E-state index is -0.758. The lowest BCUT2D eigenvalue weighted by Crippen LogP contribution is -2.19. The predicted molar refractivity (Wildman–Crippen MR) is 95.1 cm³/mol. The van der Waals surface area contributed by atoms with E-state index in [-0.39, 0.29) is 6.54 Å². The Bertz CT molecular complexity index is 1010. The van der Waals surface area contributed by atoms with Gasteiger partial charge in [-0.2, -0.15) is 0 Å². The van der Waals surface area contributed by atoms with Crippen LogP contribution in [0.25, 0.3) is 11.1 Å². The van der Waals surface area contributed by atoms with Crippen molar-refractivity contribution in [3.8, 4) is 0 Å². The Hall–Kier alpha value is -3.06. The number of hydrogen-bond acceptors (Lipinski definition) is 5. The largest absolute Gasteiger partial charge is 0.437 e. The van der Waals surface area contributed by atoms with Gasteiger partial charge in [0.1, 0.15) is 0 Å². The number of oxazole rings is 1. The number of halogens is 1. The van der Waals surface area contributed by atoms with Crippen molar-refractivity contribution in [1.29, 1.82) is 0 Å². The molecule has 0 unspecified atom stereocenters. The highest BCUT2D eigenvalue weighted by Crippen LogP contribution is 2.15. The highest BCUT2D eigenvalue weighted by atomic mass is 35.5. The standard InChI is InChI=1S/C17H14ClN3O4/c1-11(10-21-14-7-2-3-8-15(14)24-17(21)23)20-25-16(22)19-13-6-4-5-12(18)9-13/h2-9H,10H2,1H3,(H,19,22). The number of amides is 1. The molecule has 1 N–H and O–H groups in total. The lowest BCUT2D eigenvalue weighted by molar-refractivity contribution is 0.166. The molecule has 0 aliphatic carbocycles. The molecule has 128 valence electrons. The number of anilines is 1. The molecule has 25 heavy (non-hydrogen) atoms. The zero-order valence-corrected chi connectivity index (χ0v) is 14.0. The number of benzene rings is 2. The van der Waals surface area contributed by atoms with Crippen LogP contribution in [0.3, 0.4) is 0 Å². The number of hydrogen-bond donors (Lipinski definition) is 1. The van der Waals surface area contributed by atoms with Gasteiger partial charge in [0.05, 0.1) is 17.8 Å². The van der Waals surface area contributed by atoms with Crippen LogP contribution >= 0.6 is 11.6 Å². The van der Waals surface area contributed by atoms with Crippen molar-refractivity contribution in [3.63, 3.8) is 0 Å². The van der Waals surface area contributed by atoms with Gasteiger partial charge in [-0.1, -0.05) is 35.0 Å². The van der Waals surface area contributed by atoms with Crippen molar-refractivity contribution >= 4 is 40.2 Å². The van der Waals surface area contributed by atoms with Gasteiger partial charge in [0.25, 0.3) is 0 Å². The Balaban J connectivity index is 1.66. The van der Waals surface area contributed by atoms with E-state index in [1.807, 2.05) is 0 Å². The first-order chi connectivity index (χ1) is 12.0. The number of aromatic nitrogens is 1. The number of para-hydroxylation sites is 2. The molecule has 0 saturated carbocycles. The molecule has 0 aliphatic rings. The van der Waals surface area contributed by atoms with Crippen LogP contribution in [-0.4, -0.2) is 16.4 Å².